The minimum absolute atomic E-state index is 0.0795. The van der Waals surface area contributed by atoms with Crippen molar-refractivity contribution in [1.82, 2.24) is 5.32 Å². The SMILES string of the molecule is O=C(NC1CCCCC1CBr)c1cccc(Br)c1Cl. The van der Waals surface area contributed by atoms with Crippen LogP contribution in [0.2, 0.25) is 5.02 Å². The topological polar surface area (TPSA) is 29.1 Å². The molecule has 2 unspecified atom stereocenters. The molecule has 1 aromatic carbocycles. The Kier molecular flexibility index (Phi) is 5.72. The summed E-state index contributed by atoms with van der Waals surface area (Å²) in [6, 6.07) is 5.67. The van der Waals surface area contributed by atoms with Crippen LogP contribution in [-0.2, 0) is 0 Å². The predicted molar refractivity (Wildman–Crippen MR) is 86.2 cm³/mol. The average Bonchev–Trinajstić information content (AvgIpc) is 2.42. The van der Waals surface area contributed by atoms with Crippen LogP contribution in [0.15, 0.2) is 22.7 Å². The Morgan fingerprint density at radius 2 is 2.11 bits per heavy atom. The Morgan fingerprint density at radius 3 is 2.84 bits per heavy atom. The number of amides is 1. The molecule has 2 rings (SSSR count). The molecule has 0 aromatic heterocycles. The lowest BCUT2D eigenvalue weighted by molar-refractivity contribution is 0.0912. The summed E-state index contributed by atoms with van der Waals surface area (Å²) in [4.78, 5) is 12.3. The predicted octanol–water partition coefficient (Wildman–Crippen LogP) is 4.79. The fourth-order valence-electron chi connectivity index (χ4n) is 2.51. The first-order valence-corrected chi connectivity index (χ1v) is 8.73. The van der Waals surface area contributed by atoms with Crippen molar-refractivity contribution in [1.29, 1.82) is 0 Å². The molecule has 2 atom stereocenters. The number of hydrogen-bond donors (Lipinski definition) is 1. The first kappa shape index (κ1) is 15.3. The van der Waals surface area contributed by atoms with E-state index < -0.39 is 0 Å². The molecule has 1 amide bonds. The third-order valence-corrected chi connectivity index (χ3v) is 5.75. The zero-order valence-electron chi connectivity index (χ0n) is 10.5. The Balaban J connectivity index is 2.09. The Morgan fingerprint density at radius 1 is 1.37 bits per heavy atom. The number of alkyl halides is 1. The monoisotopic (exact) mass is 407 g/mol. The lowest BCUT2D eigenvalue weighted by Gasteiger charge is -2.31. The van der Waals surface area contributed by atoms with Gasteiger partial charge in [0.25, 0.3) is 5.91 Å². The van der Waals surface area contributed by atoms with E-state index in [0.717, 1.165) is 16.2 Å². The van der Waals surface area contributed by atoms with Crippen LogP contribution in [0.4, 0.5) is 0 Å². The summed E-state index contributed by atoms with van der Waals surface area (Å²) in [6.07, 6.45) is 4.65. The standard InChI is InChI=1S/C14H16Br2ClNO/c15-8-9-4-1-2-7-12(9)18-14(19)10-5-3-6-11(16)13(10)17/h3,5-6,9,12H,1-2,4,7-8H2,(H,18,19). The number of benzene rings is 1. The first-order valence-electron chi connectivity index (χ1n) is 6.44. The van der Waals surface area contributed by atoms with Gasteiger partial charge in [-0.1, -0.05) is 46.4 Å². The van der Waals surface area contributed by atoms with Gasteiger partial charge in [0.1, 0.15) is 0 Å². The van der Waals surface area contributed by atoms with Gasteiger partial charge in [-0.25, -0.2) is 0 Å². The minimum atomic E-state index is -0.0795. The molecule has 0 spiro atoms. The van der Waals surface area contributed by atoms with Crippen molar-refractivity contribution in [2.45, 2.75) is 31.7 Å². The van der Waals surface area contributed by atoms with E-state index in [2.05, 4.69) is 37.2 Å². The van der Waals surface area contributed by atoms with E-state index in [9.17, 15) is 4.79 Å². The number of hydrogen-bond acceptors (Lipinski definition) is 1. The Bertz CT molecular complexity index is 467. The smallest absolute Gasteiger partial charge is 0.253 e. The molecular formula is C14H16Br2ClNO. The molecule has 1 fully saturated rings. The van der Waals surface area contributed by atoms with Crippen LogP contribution in [0.5, 0.6) is 0 Å². The molecule has 0 radical (unpaired) electrons. The summed E-state index contributed by atoms with van der Waals surface area (Å²) in [7, 11) is 0. The molecule has 0 aliphatic heterocycles. The summed E-state index contributed by atoms with van der Waals surface area (Å²) >= 11 is 13.0. The zero-order chi connectivity index (χ0) is 13.8. The normalized spacial score (nSPS) is 23.1. The maximum Gasteiger partial charge on any atom is 0.253 e. The van der Waals surface area contributed by atoms with Crippen LogP contribution >= 0.6 is 43.5 Å². The van der Waals surface area contributed by atoms with Crippen LogP contribution in [0, 0.1) is 5.92 Å². The molecular weight excluding hydrogens is 393 g/mol. The molecule has 0 saturated heterocycles. The molecule has 0 bridgehead atoms. The highest BCUT2D eigenvalue weighted by atomic mass is 79.9. The second-order valence-electron chi connectivity index (χ2n) is 4.88. The molecule has 1 N–H and O–H groups in total. The molecule has 1 saturated carbocycles. The largest absolute Gasteiger partial charge is 0.349 e. The quantitative estimate of drug-likeness (QED) is 0.715. The van der Waals surface area contributed by atoms with Gasteiger partial charge >= 0.3 is 0 Å². The third-order valence-electron chi connectivity index (χ3n) is 3.62. The Labute approximate surface area is 135 Å². The first-order chi connectivity index (χ1) is 9.13. The van der Waals surface area contributed by atoms with Crippen molar-refractivity contribution in [3.63, 3.8) is 0 Å². The molecule has 104 valence electrons. The number of halogens is 3. The zero-order valence-corrected chi connectivity index (χ0v) is 14.4. The molecule has 1 aliphatic carbocycles. The van der Waals surface area contributed by atoms with Crippen molar-refractivity contribution in [3.05, 3.63) is 33.3 Å². The van der Waals surface area contributed by atoms with E-state index in [0.29, 0.717) is 16.5 Å². The van der Waals surface area contributed by atoms with Gasteiger partial charge in [0, 0.05) is 15.8 Å². The highest BCUT2D eigenvalue weighted by Gasteiger charge is 2.26. The van der Waals surface area contributed by atoms with Crippen LogP contribution in [-0.4, -0.2) is 17.3 Å². The fraction of sp³-hybridized carbons (Fsp3) is 0.500. The van der Waals surface area contributed by atoms with Gasteiger partial charge in [0.2, 0.25) is 0 Å². The molecule has 2 nitrogen and oxygen atoms in total. The number of rotatable bonds is 3. The minimum Gasteiger partial charge on any atom is -0.349 e. The van der Waals surface area contributed by atoms with Crippen LogP contribution in [0.1, 0.15) is 36.0 Å². The summed E-state index contributed by atoms with van der Waals surface area (Å²) in [5.74, 6) is 0.438. The van der Waals surface area contributed by atoms with Crippen molar-refractivity contribution in [2.75, 3.05) is 5.33 Å². The van der Waals surface area contributed by atoms with Crippen LogP contribution < -0.4 is 5.32 Å². The number of carbonyl (C=O) groups is 1. The van der Waals surface area contributed by atoms with Gasteiger partial charge in [0.05, 0.1) is 10.6 Å². The molecule has 1 aromatic rings. The van der Waals surface area contributed by atoms with Gasteiger partial charge in [-0.3, -0.25) is 4.79 Å². The number of carbonyl (C=O) groups excluding carboxylic acids is 1. The highest BCUT2D eigenvalue weighted by molar-refractivity contribution is 9.10. The van der Waals surface area contributed by atoms with Crippen molar-refractivity contribution in [2.24, 2.45) is 5.92 Å². The van der Waals surface area contributed by atoms with Gasteiger partial charge in [-0.15, -0.1) is 0 Å². The lowest BCUT2D eigenvalue weighted by Crippen LogP contribution is -2.42. The summed E-state index contributed by atoms with van der Waals surface area (Å²) in [6.45, 7) is 0. The molecule has 0 heterocycles. The van der Waals surface area contributed by atoms with Gasteiger partial charge in [-0.05, 0) is 46.8 Å². The summed E-state index contributed by atoms with van der Waals surface area (Å²) in [5, 5.41) is 4.54. The van der Waals surface area contributed by atoms with Crippen LogP contribution in [0.3, 0.4) is 0 Å². The second kappa shape index (κ2) is 7.09. The van der Waals surface area contributed by atoms with E-state index in [4.69, 9.17) is 11.6 Å². The third kappa shape index (κ3) is 3.73. The van der Waals surface area contributed by atoms with Crippen molar-refractivity contribution < 1.29 is 4.79 Å². The van der Waals surface area contributed by atoms with Crippen LogP contribution in [0.25, 0.3) is 0 Å². The van der Waals surface area contributed by atoms with Crippen molar-refractivity contribution in [3.8, 4) is 0 Å². The van der Waals surface area contributed by atoms with Gasteiger partial charge in [-0.2, -0.15) is 0 Å². The fourth-order valence-corrected chi connectivity index (χ4v) is 3.86. The van der Waals surface area contributed by atoms with Crippen molar-refractivity contribution >= 4 is 49.4 Å². The van der Waals surface area contributed by atoms with E-state index in [-0.39, 0.29) is 11.9 Å². The van der Waals surface area contributed by atoms with E-state index in [1.165, 1.54) is 19.3 Å². The summed E-state index contributed by atoms with van der Waals surface area (Å²) in [5.41, 5.74) is 0.537. The van der Waals surface area contributed by atoms with E-state index in [1.54, 1.807) is 6.07 Å². The summed E-state index contributed by atoms with van der Waals surface area (Å²) < 4.78 is 0.752. The molecule has 1 aliphatic rings. The van der Waals surface area contributed by atoms with E-state index in [1.807, 2.05) is 12.1 Å². The maximum atomic E-state index is 12.3. The van der Waals surface area contributed by atoms with Gasteiger partial charge in [0.15, 0.2) is 0 Å². The lowest BCUT2D eigenvalue weighted by atomic mass is 9.86. The highest BCUT2D eigenvalue weighted by Crippen LogP contribution is 2.28. The maximum absolute atomic E-state index is 12.3. The second-order valence-corrected chi connectivity index (χ2v) is 6.76. The van der Waals surface area contributed by atoms with Gasteiger partial charge < -0.3 is 5.32 Å². The molecule has 5 heteroatoms. The van der Waals surface area contributed by atoms with E-state index >= 15 is 0 Å². The Hall–Kier alpha value is -0.0600. The number of nitrogens with one attached hydrogen (secondary N) is 1. The molecule has 19 heavy (non-hydrogen) atoms. The average molecular weight is 410 g/mol.